The number of aromatic nitrogens is 3. The minimum Gasteiger partial charge on any atom is -0.329 e. The van der Waals surface area contributed by atoms with Gasteiger partial charge in [-0.05, 0) is 73.7 Å². The van der Waals surface area contributed by atoms with Crippen LogP contribution in [0, 0.1) is 0 Å². The van der Waals surface area contributed by atoms with Gasteiger partial charge in [-0.3, -0.25) is 14.0 Å². The largest absolute Gasteiger partial charge is 0.416 e. The number of hydrogen-bond donors (Lipinski definition) is 1. The molecule has 42 heavy (non-hydrogen) atoms. The highest BCUT2D eigenvalue weighted by atomic mass is 32.2. The van der Waals surface area contributed by atoms with Crippen molar-refractivity contribution in [3.05, 3.63) is 89.0 Å². The van der Waals surface area contributed by atoms with Crippen LogP contribution in [0.25, 0.3) is 0 Å². The number of rotatable bonds is 7. The van der Waals surface area contributed by atoms with Crippen LogP contribution in [0.1, 0.15) is 59.7 Å². The molecule has 13 heteroatoms. The average Bonchev–Trinajstić information content (AvgIpc) is 3.61. The number of carbonyl (C=O) groups is 1. The zero-order valence-corrected chi connectivity index (χ0v) is 23.6. The summed E-state index contributed by atoms with van der Waals surface area (Å²) >= 11 is 0. The molecule has 1 aromatic heterocycles. The summed E-state index contributed by atoms with van der Waals surface area (Å²) in [5.74, 6) is -0.616. The molecule has 1 fully saturated rings. The number of fused-ring (bicyclic) bond motifs is 1. The Hall–Kier alpha value is -3.71. The fraction of sp³-hybridized carbons (Fsp3) is 0.414. The van der Waals surface area contributed by atoms with E-state index in [9.17, 15) is 26.4 Å². The third-order valence-corrected chi connectivity index (χ3v) is 9.96. The molecule has 222 valence electrons. The van der Waals surface area contributed by atoms with Crippen molar-refractivity contribution in [3.8, 4) is 0 Å². The second-order valence-corrected chi connectivity index (χ2v) is 12.9. The monoisotopic (exact) mass is 600 g/mol. The van der Waals surface area contributed by atoms with E-state index < -0.39 is 38.6 Å². The zero-order valence-electron chi connectivity index (χ0n) is 22.8. The highest BCUT2D eigenvalue weighted by Gasteiger charge is 2.38. The summed E-state index contributed by atoms with van der Waals surface area (Å²) in [5, 5.41) is 11.0. The summed E-state index contributed by atoms with van der Waals surface area (Å²) in [6.07, 6.45) is 4.71. The first kappa shape index (κ1) is 28.4. The minimum atomic E-state index is -4.72. The summed E-state index contributed by atoms with van der Waals surface area (Å²) in [6.45, 7) is 3.22. The number of carbonyl (C=O) groups excluding carboxylic acids is 1. The Morgan fingerprint density at radius 1 is 1.05 bits per heavy atom. The van der Waals surface area contributed by atoms with Crippen molar-refractivity contribution in [2.45, 2.75) is 68.2 Å². The van der Waals surface area contributed by atoms with Gasteiger partial charge in [0.1, 0.15) is 6.04 Å². The Bertz CT molecular complexity index is 1610. The number of sulfonamides is 1. The average molecular weight is 601 g/mol. The molecule has 3 heterocycles. The molecule has 2 aliphatic heterocycles. The summed E-state index contributed by atoms with van der Waals surface area (Å²) in [4.78, 5) is 14.7. The lowest BCUT2D eigenvalue weighted by molar-refractivity contribution is -0.137. The Morgan fingerprint density at radius 3 is 2.64 bits per heavy atom. The van der Waals surface area contributed by atoms with Gasteiger partial charge in [-0.1, -0.05) is 35.9 Å². The van der Waals surface area contributed by atoms with Crippen LogP contribution in [0.2, 0.25) is 0 Å². The number of amides is 1. The van der Waals surface area contributed by atoms with E-state index in [1.807, 2.05) is 0 Å². The zero-order chi connectivity index (χ0) is 29.5. The van der Waals surface area contributed by atoms with Crippen LogP contribution in [0.3, 0.4) is 0 Å². The molecule has 3 aromatic rings. The molecule has 1 N–H and O–H groups in total. The van der Waals surface area contributed by atoms with Gasteiger partial charge in [0, 0.05) is 31.6 Å². The molecule has 0 spiro atoms. The van der Waals surface area contributed by atoms with Gasteiger partial charge in [0.05, 0.1) is 22.2 Å². The highest BCUT2D eigenvalue weighted by molar-refractivity contribution is 7.89. The third-order valence-electron chi connectivity index (χ3n) is 8.18. The van der Waals surface area contributed by atoms with E-state index in [-0.39, 0.29) is 12.5 Å². The SMILES string of the molecule is O=C1NC=CN(S(=O)(=O)c2cccc(C(F)(F)F)c2)C1Cc1cn(C2CCc3cc(CN4CCCCC4)ccc32)nn1. The molecule has 1 amide bonds. The fourth-order valence-electron chi connectivity index (χ4n) is 6.05. The quantitative estimate of drug-likeness (QED) is 0.440. The van der Waals surface area contributed by atoms with Gasteiger partial charge in [0.15, 0.2) is 0 Å². The van der Waals surface area contributed by atoms with Crippen LogP contribution in [0.15, 0.2) is 66.0 Å². The Kier molecular flexibility index (Phi) is 7.56. The van der Waals surface area contributed by atoms with Crippen molar-refractivity contribution in [2.75, 3.05) is 13.1 Å². The smallest absolute Gasteiger partial charge is 0.329 e. The molecular weight excluding hydrogens is 569 g/mol. The number of benzene rings is 2. The second kappa shape index (κ2) is 11.2. The molecule has 2 atom stereocenters. The fourth-order valence-corrected chi connectivity index (χ4v) is 7.54. The van der Waals surface area contributed by atoms with Crippen molar-refractivity contribution in [1.82, 2.24) is 29.5 Å². The first-order valence-corrected chi connectivity index (χ1v) is 15.5. The minimum absolute atomic E-state index is 0.0321. The molecule has 9 nitrogen and oxygen atoms in total. The van der Waals surface area contributed by atoms with Crippen LogP contribution in [0.5, 0.6) is 0 Å². The molecule has 1 saturated heterocycles. The highest BCUT2D eigenvalue weighted by Crippen LogP contribution is 2.35. The maximum Gasteiger partial charge on any atom is 0.416 e. The summed E-state index contributed by atoms with van der Waals surface area (Å²) in [7, 11) is -4.48. The van der Waals surface area contributed by atoms with Gasteiger partial charge < -0.3 is 5.32 Å². The van der Waals surface area contributed by atoms with E-state index in [0.717, 1.165) is 67.4 Å². The van der Waals surface area contributed by atoms with Crippen LogP contribution >= 0.6 is 0 Å². The van der Waals surface area contributed by atoms with E-state index in [1.165, 1.54) is 36.0 Å². The number of piperidine rings is 1. The third kappa shape index (κ3) is 5.67. The first-order chi connectivity index (χ1) is 20.1. The van der Waals surface area contributed by atoms with Crippen LogP contribution < -0.4 is 5.32 Å². The molecule has 0 bridgehead atoms. The van der Waals surface area contributed by atoms with E-state index in [0.29, 0.717) is 11.8 Å². The number of likely N-dealkylation sites (tertiary alicyclic amines) is 1. The second-order valence-electron chi connectivity index (χ2n) is 11.0. The topological polar surface area (TPSA) is 100 Å². The predicted molar refractivity (Wildman–Crippen MR) is 147 cm³/mol. The van der Waals surface area contributed by atoms with Gasteiger partial charge in [-0.25, -0.2) is 13.1 Å². The van der Waals surface area contributed by atoms with E-state index in [1.54, 1.807) is 10.9 Å². The van der Waals surface area contributed by atoms with E-state index in [2.05, 4.69) is 38.7 Å². The number of nitrogens with one attached hydrogen (secondary N) is 1. The number of alkyl halides is 3. The van der Waals surface area contributed by atoms with Crippen molar-refractivity contribution in [1.29, 1.82) is 0 Å². The standard InChI is InChI=1S/C29H31F3N6O3S/c30-29(31,32)22-5-4-6-24(16-22)42(40,41)38-14-11-33-28(39)27(38)17-23-19-37(35-34-23)26-10-8-21-15-20(7-9-25(21)26)18-36-12-2-1-3-13-36/h4-7,9,11,14-16,19,26-27H,1-3,8,10,12-13,17-18H2,(H,33,39). The van der Waals surface area contributed by atoms with E-state index >= 15 is 0 Å². The Labute approximate surface area is 242 Å². The Balaban J connectivity index is 1.19. The van der Waals surface area contributed by atoms with Crippen molar-refractivity contribution >= 4 is 15.9 Å². The molecule has 2 aromatic carbocycles. The number of nitrogens with zero attached hydrogens (tertiary/aromatic N) is 5. The molecule has 3 aliphatic rings. The van der Waals surface area contributed by atoms with E-state index in [4.69, 9.17) is 0 Å². The lowest BCUT2D eigenvalue weighted by Crippen LogP contribution is -2.50. The molecule has 6 rings (SSSR count). The Morgan fingerprint density at radius 2 is 1.86 bits per heavy atom. The number of hydrogen-bond acceptors (Lipinski definition) is 6. The van der Waals surface area contributed by atoms with Crippen molar-refractivity contribution < 1.29 is 26.4 Å². The van der Waals surface area contributed by atoms with Gasteiger partial charge in [0.2, 0.25) is 5.91 Å². The first-order valence-electron chi connectivity index (χ1n) is 14.0. The normalized spacial score (nSPS) is 21.4. The van der Waals surface area contributed by atoms with Gasteiger partial charge in [-0.2, -0.15) is 13.2 Å². The van der Waals surface area contributed by atoms with Crippen LogP contribution in [0.4, 0.5) is 13.2 Å². The molecular formula is C29H31F3N6O3S. The molecule has 0 radical (unpaired) electrons. The summed E-state index contributed by atoms with van der Waals surface area (Å²) in [5.41, 5.74) is 3.05. The van der Waals surface area contributed by atoms with Crippen molar-refractivity contribution in [3.63, 3.8) is 0 Å². The summed E-state index contributed by atoms with van der Waals surface area (Å²) in [6, 6.07) is 8.77. The molecule has 0 saturated carbocycles. The number of halogens is 3. The predicted octanol–water partition coefficient (Wildman–Crippen LogP) is 4.02. The van der Waals surface area contributed by atoms with Crippen LogP contribution in [-0.2, 0) is 40.4 Å². The van der Waals surface area contributed by atoms with Crippen molar-refractivity contribution in [2.24, 2.45) is 0 Å². The lowest BCUT2D eigenvalue weighted by atomic mass is 10.0. The summed E-state index contributed by atoms with van der Waals surface area (Å²) < 4.78 is 69.1. The van der Waals surface area contributed by atoms with Gasteiger partial charge in [0.25, 0.3) is 10.0 Å². The maximum atomic E-state index is 13.4. The van der Waals surface area contributed by atoms with Crippen LogP contribution in [-0.4, -0.2) is 57.7 Å². The lowest BCUT2D eigenvalue weighted by Gasteiger charge is -2.31. The van der Waals surface area contributed by atoms with Gasteiger partial charge >= 0.3 is 6.18 Å². The molecule has 2 unspecified atom stereocenters. The van der Waals surface area contributed by atoms with Gasteiger partial charge in [-0.15, -0.1) is 5.10 Å². The number of aryl methyl sites for hydroxylation is 1. The maximum absolute atomic E-state index is 13.4. The molecule has 1 aliphatic carbocycles.